The molecule has 4 nitrogen and oxygen atoms in total. The number of likely N-dealkylation sites (tertiary alicyclic amines) is 1. The first-order chi connectivity index (χ1) is 10.1. The second-order valence-corrected chi connectivity index (χ2v) is 5.94. The van der Waals surface area contributed by atoms with Gasteiger partial charge < -0.3 is 10.5 Å². The van der Waals surface area contributed by atoms with E-state index >= 15 is 0 Å². The number of benzene rings is 1. The van der Waals surface area contributed by atoms with Gasteiger partial charge in [0, 0.05) is 24.7 Å². The van der Waals surface area contributed by atoms with Gasteiger partial charge in [-0.15, -0.1) is 0 Å². The van der Waals surface area contributed by atoms with Crippen LogP contribution in [-0.2, 0) is 4.74 Å². The van der Waals surface area contributed by atoms with E-state index < -0.39 is 0 Å². The van der Waals surface area contributed by atoms with E-state index in [2.05, 4.69) is 18.7 Å². The number of carbonyl (C=O) groups excluding carboxylic acids is 1. The number of ether oxygens (including phenoxy) is 1. The first kappa shape index (κ1) is 16.0. The fourth-order valence-corrected chi connectivity index (χ4v) is 3.44. The van der Waals surface area contributed by atoms with Crippen LogP contribution >= 0.6 is 0 Å². The third-order valence-electron chi connectivity index (χ3n) is 4.56. The van der Waals surface area contributed by atoms with Crippen molar-refractivity contribution in [3.8, 4) is 0 Å². The van der Waals surface area contributed by atoms with Crippen LogP contribution in [0.5, 0.6) is 0 Å². The van der Waals surface area contributed by atoms with Gasteiger partial charge in [0.25, 0.3) is 0 Å². The van der Waals surface area contributed by atoms with E-state index in [1.165, 1.54) is 31.9 Å². The lowest BCUT2D eigenvalue weighted by molar-refractivity contribution is 0.0573. The zero-order valence-corrected chi connectivity index (χ0v) is 13.2. The van der Waals surface area contributed by atoms with E-state index in [1.54, 1.807) is 0 Å². The summed E-state index contributed by atoms with van der Waals surface area (Å²) in [6, 6.07) is 8.94. The number of carbonyl (C=O) groups is 1. The lowest BCUT2D eigenvalue weighted by atomic mass is 9.92. The molecule has 1 aliphatic rings. The highest BCUT2D eigenvalue weighted by Gasteiger charge is 2.31. The predicted molar refractivity (Wildman–Crippen MR) is 84.2 cm³/mol. The molecule has 0 spiro atoms. The average molecular weight is 290 g/mol. The molecular formula is C17H26N2O2. The molecule has 2 rings (SSSR count). The van der Waals surface area contributed by atoms with Gasteiger partial charge in [-0.2, -0.15) is 0 Å². The Morgan fingerprint density at radius 3 is 2.33 bits per heavy atom. The van der Waals surface area contributed by atoms with E-state index in [4.69, 9.17) is 10.5 Å². The summed E-state index contributed by atoms with van der Waals surface area (Å²) >= 11 is 0. The molecule has 2 N–H and O–H groups in total. The van der Waals surface area contributed by atoms with Crippen LogP contribution in [0.2, 0.25) is 0 Å². The number of rotatable bonds is 4. The highest BCUT2D eigenvalue weighted by Crippen LogP contribution is 2.32. The number of hydrogen-bond donors (Lipinski definition) is 1. The molecule has 1 heterocycles. The number of methoxy groups -OCH3 is 1. The summed E-state index contributed by atoms with van der Waals surface area (Å²) in [5.41, 5.74) is 7.80. The molecule has 21 heavy (non-hydrogen) atoms. The molecule has 0 aliphatic carbocycles. The summed E-state index contributed by atoms with van der Waals surface area (Å²) in [5.74, 6) is -0.300. The number of nitrogens with two attached hydrogens (primary N) is 1. The maximum atomic E-state index is 11.5. The van der Waals surface area contributed by atoms with Gasteiger partial charge in [-0.25, -0.2) is 4.79 Å². The van der Waals surface area contributed by atoms with Gasteiger partial charge in [-0.3, -0.25) is 4.90 Å². The molecule has 3 unspecified atom stereocenters. The summed E-state index contributed by atoms with van der Waals surface area (Å²) < 4.78 is 4.74. The van der Waals surface area contributed by atoms with E-state index in [0.29, 0.717) is 24.2 Å². The summed E-state index contributed by atoms with van der Waals surface area (Å²) in [6.07, 6.45) is 3.74. The zero-order valence-electron chi connectivity index (χ0n) is 13.2. The van der Waals surface area contributed by atoms with Crippen LogP contribution < -0.4 is 5.73 Å². The number of piperidine rings is 1. The highest BCUT2D eigenvalue weighted by atomic mass is 16.5. The third kappa shape index (κ3) is 3.44. The average Bonchev–Trinajstić information content (AvgIpc) is 2.50. The summed E-state index contributed by atoms with van der Waals surface area (Å²) in [4.78, 5) is 14.0. The normalized spacial score (nSPS) is 24.6. The van der Waals surface area contributed by atoms with E-state index in [0.717, 1.165) is 0 Å². The van der Waals surface area contributed by atoms with Gasteiger partial charge in [0.2, 0.25) is 0 Å². The fraction of sp³-hybridized carbons (Fsp3) is 0.588. The topological polar surface area (TPSA) is 55.6 Å². The fourth-order valence-electron chi connectivity index (χ4n) is 3.44. The Morgan fingerprint density at radius 2 is 1.86 bits per heavy atom. The molecule has 1 fully saturated rings. The molecular weight excluding hydrogens is 264 g/mol. The van der Waals surface area contributed by atoms with Gasteiger partial charge >= 0.3 is 5.97 Å². The van der Waals surface area contributed by atoms with Crippen molar-refractivity contribution in [1.82, 2.24) is 4.90 Å². The maximum Gasteiger partial charge on any atom is 0.337 e. The summed E-state index contributed by atoms with van der Waals surface area (Å²) in [6.45, 7) is 5.15. The van der Waals surface area contributed by atoms with Gasteiger partial charge in [0.1, 0.15) is 0 Å². The second kappa shape index (κ2) is 7.05. The lowest BCUT2D eigenvalue weighted by Crippen LogP contribution is -2.48. The van der Waals surface area contributed by atoms with E-state index in [9.17, 15) is 4.79 Å². The quantitative estimate of drug-likeness (QED) is 0.866. The van der Waals surface area contributed by atoms with Crippen molar-refractivity contribution in [3.05, 3.63) is 35.4 Å². The standard InChI is InChI=1S/C17H26N2O2/c1-12-5-4-6-13(2)19(12)16(11-18)14-7-9-15(10-8-14)17(20)21-3/h7-10,12-13,16H,4-6,11,18H2,1-3H3. The van der Waals surface area contributed by atoms with Crippen LogP contribution in [0.25, 0.3) is 0 Å². The van der Waals surface area contributed by atoms with Crippen LogP contribution in [0.3, 0.4) is 0 Å². The van der Waals surface area contributed by atoms with Crippen LogP contribution in [0.4, 0.5) is 0 Å². The molecule has 1 saturated heterocycles. The van der Waals surface area contributed by atoms with Crippen LogP contribution in [0.15, 0.2) is 24.3 Å². The molecule has 1 aromatic rings. The minimum absolute atomic E-state index is 0.210. The number of esters is 1. The first-order valence-electron chi connectivity index (χ1n) is 7.74. The first-order valence-corrected chi connectivity index (χ1v) is 7.74. The number of hydrogen-bond acceptors (Lipinski definition) is 4. The molecule has 0 amide bonds. The maximum absolute atomic E-state index is 11.5. The third-order valence-corrected chi connectivity index (χ3v) is 4.56. The minimum Gasteiger partial charge on any atom is -0.465 e. The zero-order chi connectivity index (χ0) is 15.4. The Morgan fingerprint density at radius 1 is 1.29 bits per heavy atom. The molecule has 1 aromatic carbocycles. The van der Waals surface area contributed by atoms with Crippen LogP contribution in [0, 0.1) is 0 Å². The molecule has 0 radical (unpaired) electrons. The molecule has 1 aliphatic heterocycles. The number of nitrogens with zero attached hydrogens (tertiary/aromatic N) is 1. The van der Waals surface area contributed by atoms with Crippen LogP contribution in [-0.4, -0.2) is 36.6 Å². The van der Waals surface area contributed by atoms with Crippen molar-refractivity contribution in [2.24, 2.45) is 5.73 Å². The van der Waals surface area contributed by atoms with Crippen molar-refractivity contribution < 1.29 is 9.53 Å². The molecule has 0 saturated carbocycles. The molecule has 0 bridgehead atoms. The van der Waals surface area contributed by atoms with Crippen LogP contribution in [0.1, 0.15) is 55.1 Å². The SMILES string of the molecule is COC(=O)c1ccc(C(CN)N2C(C)CCCC2C)cc1. The lowest BCUT2D eigenvalue weighted by Gasteiger charge is -2.44. The Kier molecular flexibility index (Phi) is 5.37. The minimum atomic E-state index is -0.300. The molecule has 116 valence electrons. The van der Waals surface area contributed by atoms with Crippen molar-refractivity contribution in [2.45, 2.75) is 51.2 Å². The summed E-state index contributed by atoms with van der Waals surface area (Å²) in [7, 11) is 1.40. The van der Waals surface area contributed by atoms with Gasteiger partial charge in [0.15, 0.2) is 0 Å². The summed E-state index contributed by atoms with van der Waals surface area (Å²) in [5, 5.41) is 0. The predicted octanol–water partition coefficient (Wildman–Crippen LogP) is 2.74. The Balaban J connectivity index is 2.22. The monoisotopic (exact) mass is 290 g/mol. The van der Waals surface area contributed by atoms with Gasteiger partial charge in [0.05, 0.1) is 12.7 Å². The molecule has 3 atom stereocenters. The largest absolute Gasteiger partial charge is 0.465 e. The van der Waals surface area contributed by atoms with Crippen molar-refractivity contribution in [3.63, 3.8) is 0 Å². The Hall–Kier alpha value is -1.39. The van der Waals surface area contributed by atoms with Gasteiger partial charge in [-0.1, -0.05) is 18.6 Å². The Bertz CT molecular complexity index is 462. The Labute approximate surface area is 127 Å². The van der Waals surface area contributed by atoms with E-state index in [-0.39, 0.29) is 12.0 Å². The van der Waals surface area contributed by atoms with Gasteiger partial charge in [-0.05, 0) is 44.4 Å². The van der Waals surface area contributed by atoms with Crippen molar-refractivity contribution in [1.29, 1.82) is 0 Å². The molecule has 0 aromatic heterocycles. The molecule has 4 heteroatoms. The van der Waals surface area contributed by atoms with E-state index in [1.807, 2.05) is 24.3 Å². The second-order valence-electron chi connectivity index (χ2n) is 5.94. The smallest absolute Gasteiger partial charge is 0.337 e. The highest BCUT2D eigenvalue weighted by molar-refractivity contribution is 5.89. The van der Waals surface area contributed by atoms with Crippen molar-refractivity contribution >= 4 is 5.97 Å². The van der Waals surface area contributed by atoms with Crippen molar-refractivity contribution in [2.75, 3.05) is 13.7 Å².